The van der Waals surface area contributed by atoms with E-state index in [9.17, 15) is 4.79 Å². The van der Waals surface area contributed by atoms with E-state index < -0.39 is 0 Å². The van der Waals surface area contributed by atoms with E-state index in [0.29, 0.717) is 11.4 Å². The van der Waals surface area contributed by atoms with Crippen molar-refractivity contribution in [2.24, 2.45) is 10.2 Å². The maximum atomic E-state index is 11.5. The topological polar surface area (TPSA) is 53.8 Å². The molecule has 4 heteroatoms. The number of amides is 1. The number of rotatable bonds is 4. The van der Waals surface area contributed by atoms with Gasteiger partial charge in [0.1, 0.15) is 5.69 Å². The van der Waals surface area contributed by atoms with Crippen molar-refractivity contribution in [1.29, 1.82) is 0 Å². The van der Waals surface area contributed by atoms with Crippen LogP contribution < -0.4 is 5.32 Å². The summed E-state index contributed by atoms with van der Waals surface area (Å²) in [6.07, 6.45) is 1.23. The average Bonchev–Trinajstić information content (AvgIpc) is 2.48. The first-order chi connectivity index (χ1) is 9.70. The summed E-state index contributed by atoms with van der Waals surface area (Å²) in [5.41, 5.74) is 2.95. The number of benzene rings is 2. The Balaban J connectivity index is 2.32. The molecule has 4 nitrogen and oxygen atoms in total. The first-order valence-electron chi connectivity index (χ1n) is 6.20. The Labute approximate surface area is 117 Å². The lowest BCUT2D eigenvalue weighted by molar-refractivity contribution is -0.111. The van der Waals surface area contributed by atoms with Gasteiger partial charge in [-0.25, -0.2) is 0 Å². The minimum absolute atomic E-state index is 0.268. The molecule has 0 aliphatic rings. The van der Waals surface area contributed by atoms with E-state index in [0.717, 1.165) is 11.3 Å². The highest BCUT2D eigenvalue weighted by atomic mass is 16.1. The van der Waals surface area contributed by atoms with Crippen LogP contribution in [0.5, 0.6) is 0 Å². The van der Waals surface area contributed by atoms with E-state index in [1.165, 1.54) is 6.08 Å². The standard InChI is InChI=1S/C16H15N3O/c1-3-15(20)17-16-12(2)8-7-11-14(16)19-18-13-9-5-4-6-10-13/h3-11H,1H2,2H3,(H,17,20). The van der Waals surface area contributed by atoms with Gasteiger partial charge in [0.15, 0.2) is 0 Å². The number of para-hydroxylation sites is 1. The van der Waals surface area contributed by atoms with Crippen LogP contribution in [0.1, 0.15) is 5.56 Å². The molecular weight excluding hydrogens is 250 g/mol. The summed E-state index contributed by atoms with van der Waals surface area (Å²) in [5, 5.41) is 11.1. The lowest BCUT2D eigenvalue weighted by Crippen LogP contribution is -2.08. The van der Waals surface area contributed by atoms with Gasteiger partial charge in [-0.2, -0.15) is 5.11 Å². The second kappa shape index (κ2) is 6.43. The Morgan fingerprint density at radius 1 is 1.10 bits per heavy atom. The Bertz CT molecular complexity index is 648. The number of aryl methyl sites for hydroxylation is 1. The molecule has 0 aliphatic carbocycles. The van der Waals surface area contributed by atoms with E-state index >= 15 is 0 Å². The van der Waals surface area contributed by atoms with Gasteiger partial charge in [0.05, 0.1) is 11.4 Å². The molecule has 0 spiro atoms. The number of anilines is 1. The SMILES string of the molecule is C=CC(=O)Nc1c(C)cccc1N=Nc1ccccc1. The molecule has 0 bridgehead atoms. The van der Waals surface area contributed by atoms with Gasteiger partial charge in [0.25, 0.3) is 0 Å². The molecule has 0 radical (unpaired) electrons. The van der Waals surface area contributed by atoms with E-state index in [-0.39, 0.29) is 5.91 Å². The molecule has 1 N–H and O–H groups in total. The van der Waals surface area contributed by atoms with Crippen LogP contribution in [-0.4, -0.2) is 5.91 Å². The molecule has 0 saturated carbocycles. The normalized spacial score (nSPS) is 10.4. The highest BCUT2D eigenvalue weighted by molar-refractivity contribution is 6.01. The fraction of sp³-hybridized carbons (Fsp3) is 0.0625. The summed E-state index contributed by atoms with van der Waals surface area (Å²) >= 11 is 0. The third-order valence-corrected chi connectivity index (χ3v) is 2.71. The summed E-state index contributed by atoms with van der Waals surface area (Å²) in [5.74, 6) is -0.268. The van der Waals surface area contributed by atoms with Crippen LogP contribution in [0.2, 0.25) is 0 Å². The molecule has 2 aromatic carbocycles. The van der Waals surface area contributed by atoms with Crippen molar-refractivity contribution >= 4 is 23.0 Å². The van der Waals surface area contributed by atoms with Crippen LogP contribution in [-0.2, 0) is 4.79 Å². The number of carbonyl (C=O) groups is 1. The first kappa shape index (κ1) is 13.7. The molecule has 0 aliphatic heterocycles. The Hall–Kier alpha value is -2.75. The van der Waals surface area contributed by atoms with E-state index in [1.54, 1.807) is 6.07 Å². The van der Waals surface area contributed by atoms with Crippen LogP contribution in [0.3, 0.4) is 0 Å². The van der Waals surface area contributed by atoms with Crippen LogP contribution >= 0.6 is 0 Å². The van der Waals surface area contributed by atoms with Gasteiger partial charge in [0, 0.05) is 0 Å². The minimum Gasteiger partial charge on any atom is -0.320 e. The van der Waals surface area contributed by atoms with Crippen molar-refractivity contribution in [1.82, 2.24) is 0 Å². The third-order valence-electron chi connectivity index (χ3n) is 2.71. The highest BCUT2D eigenvalue weighted by Gasteiger charge is 2.07. The van der Waals surface area contributed by atoms with Crippen molar-refractivity contribution < 1.29 is 4.79 Å². The number of carbonyl (C=O) groups excluding carboxylic acids is 1. The lowest BCUT2D eigenvalue weighted by atomic mass is 10.1. The summed E-state index contributed by atoms with van der Waals surface area (Å²) in [6, 6.07) is 15.0. The van der Waals surface area contributed by atoms with Crippen LogP contribution in [0.4, 0.5) is 17.1 Å². The molecule has 1 amide bonds. The molecule has 2 aromatic rings. The summed E-state index contributed by atoms with van der Waals surface area (Å²) in [7, 11) is 0. The van der Waals surface area contributed by atoms with Gasteiger partial charge in [-0.15, -0.1) is 5.11 Å². The van der Waals surface area contributed by atoms with Crippen LogP contribution in [0, 0.1) is 6.92 Å². The maximum absolute atomic E-state index is 11.5. The van der Waals surface area contributed by atoms with Gasteiger partial charge >= 0.3 is 0 Å². The highest BCUT2D eigenvalue weighted by Crippen LogP contribution is 2.30. The number of nitrogens with zero attached hydrogens (tertiary/aromatic N) is 2. The van der Waals surface area contributed by atoms with E-state index in [2.05, 4.69) is 22.1 Å². The molecule has 100 valence electrons. The number of nitrogens with one attached hydrogen (secondary N) is 1. The zero-order valence-electron chi connectivity index (χ0n) is 11.2. The number of azo groups is 1. The molecule has 2 rings (SSSR count). The van der Waals surface area contributed by atoms with E-state index in [1.807, 2.05) is 49.4 Å². The quantitative estimate of drug-likeness (QED) is 0.640. The summed E-state index contributed by atoms with van der Waals surface area (Å²) in [6.45, 7) is 5.35. The zero-order chi connectivity index (χ0) is 14.4. The van der Waals surface area contributed by atoms with Crippen molar-refractivity contribution in [3.05, 3.63) is 66.7 Å². The molecule has 0 heterocycles. The maximum Gasteiger partial charge on any atom is 0.247 e. The predicted molar refractivity (Wildman–Crippen MR) is 80.6 cm³/mol. The van der Waals surface area contributed by atoms with Crippen LogP contribution in [0.15, 0.2) is 71.4 Å². The fourth-order valence-electron chi connectivity index (χ4n) is 1.68. The average molecular weight is 265 g/mol. The molecule has 0 saturated heterocycles. The van der Waals surface area contributed by atoms with Crippen LogP contribution in [0.25, 0.3) is 0 Å². The Morgan fingerprint density at radius 2 is 1.85 bits per heavy atom. The monoisotopic (exact) mass is 265 g/mol. The van der Waals surface area contributed by atoms with Crippen molar-refractivity contribution in [3.8, 4) is 0 Å². The van der Waals surface area contributed by atoms with Gasteiger partial charge < -0.3 is 5.32 Å². The zero-order valence-corrected chi connectivity index (χ0v) is 11.2. The Morgan fingerprint density at radius 3 is 2.55 bits per heavy atom. The lowest BCUT2D eigenvalue weighted by Gasteiger charge is -2.08. The largest absolute Gasteiger partial charge is 0.320 e. The number of hydrogen-bond donors (Lipinski definition) is 1. The fourth-order valence-corrected chi connectivity index (χ4v) is 1.68. The summed E-state index contributed by atoms with van der Waals surface area (Å²) in [4.78, 5) is 11.5. The smallest absolute Gasteiger partial charge is 0.247 e. The van der Waals surface area contributed by atoms with Gasteiger partial charge in [-0.1, -0.05) is 36.9 Å². The molecule has 0 unspecified atom stereocenters. The second-order valence-corrected chi connectivity index (χ2v) is 4.20. The Kier molecular flexibility index (Phi) is 4.39. The second-order valence-electron chi connectivity index (χ2n) is 4.20. The first-order valence-corrected chi connectivity index (χ1v) is 6.20. The molecular formula is C16H15N3O. The molecule has 20 heavy (non-hydrogen) atoms. The molecule has 0 fully saturated rings. The van der Waals surface area contributed by atoms with Gasteiger partial charge in [-0.3, -0.25) is 4.79 Å². The van der Waals surface area contributed by atoms with Crippen molar-refractivity contribution in [3.63, 3.8) is 0 Å². The minimum atomic E-state index is -0.268. The molecule has 0 atom stereocenters. The van der Waals surface area contributed by atoms with Crippen molar-refractivity contribution in [2.45, 2.75) is 6.92 Å². The van der Waals surface area contributed by atoms with Crippen molar-refractivity contribution in [2.75, 3.05) is 5.32 Å². The van der Waals surface area contributed by atoms with Gasteiger partial charge in [0.2, 0.25) is 5.91 Å². The molecule has 0 aromatic heterocycles. The number of hydrogen-bond acceptors (Lipinski definition) is 3. The third kappa shape index (κ3) is 3.38. The van der Waals surface area contributed by atoms with E-state index in [4.69, 9.17) is 0 Å². The summed E-state index contributed by atoms with van der Waals surface area (Å²) < 4.78 is 0. The predicted octanol–water partition coefficient (Wildman–Crippen LogP) is 4.53. The van der Waals surface area contributed by atoms with Gasteiger partial charge in [-0.05, 0) is 36.8 Å².